The summed E-state index contributed by atoms with van der Waals surface area (Å²) in [6.45, 7) is 10.0. The highest BCUT2D eigenvalue weighted by Crippen LogP contribution is 2.22. The molecule has 0 fully saturated rings. The largest absolute Gasteiger partial charge is 0.329 e. The highest BCUT2D eigenvalue weighted by Gasteiger charge is 2.14. The maximum absolute atomic E-state index is 12.1. The minimum atomic E-state index is -0.822. The first-order valence-electron chi connectivity index (χ1n) is 9.74. The van der Waals surface area contributed by atoms with E-state index in [1.807, 2.05) is 58.0 Å². The zero-order chi connectivity index (χ0) is 21.8. The minimum Gasteiger partial charge on any atom is -0.318 e. The predicted molar refractivity (Wildman–Crippen MR) is 120 cm³/mol. The molecule has 1 aromatic heterocycles. The van der Waals surface area contributed by atoms with Crippen LogP contribution in [0.15, 0.2) is 53.6 Å². The summed E-state index contributed by atoms with van der Waals surface area (Å²) < 4.78 is 2.14. The van der Waals surface area contributed by atoms with Gasteiger partial charge in [-0.2, -0.15) is 5.10 Å². The van der Waals surface area contributed by atoms with Crippen LogP contribution < -0.4 is 10.7 Å². The van der Waals surface area contributed by atoms with Crippen LogP contribution in [0.4, 0.5) is 5.69 Å². The van der Waals surface area contributed by atoms with Crippen LogP contribution in [0.2, 0.25) is 0 Å². The van der Waals surface area contributed by atoms with Crippen molar-refractivity contribution in [3.8, 4) is 5.69 Å². The summed E-state index contributed by atoms with van der Waals surface area (Å²) in [5.41, 5.74) is 10.2. The molecule has 3 aromatic rings. The number of para-hydroxylation sites is 1. The Bertz CT molecular complexity index is 1140. The van der Waals surface area contributed by atoms with Gasteiger partial charge in [0.15, 0.2) is 0 Å². The van der Waals surface area contributed by atoms with E-state index in [9.17, 15) is 9.59 Å². The van der Waals surface area contributed by atoms with Crippen molar-refractivity contribution in [2.24, 2.45) is 5.10 Å². The lowest BCUT2D eigenvalue weighted by molar-refractivity contribution is -0.136. The summed E-state index contributed by atoms with van der Waals surface area (Å²) in [6, 6.07) is 15.6. The van der Waals surface area contributed by atoms with Gasteiger partial charge in [-0.25, -0.2) is 5.43 Å². The number of hydrogen-bond acceptors (Lipinski definition) is 3. The van der Waals surface area contributed by atoms with Crippen molar-refractivity contribution in [1.82, 2.24) is 9.99 Å². The van der Waals surface area contributed by atoms with Gasteiger partial charge in [0.05, 0.1) is 6.21 Å². The summed E-state index contributed by atoms with van der Waals surface area (Å²) in [5.74, 6) is -1.59. The van der Waals surface area contributed by atoms with Gasteiger partial charge in [-0.05, 0) is 75.6 Å². The van der Waals surface area contributed by atoms with E-state index in [-0.39, 0.29) is 0 Å². The predicted octanol–water partition coefficient (Wildman–Crippen LogP) is 4.11. The number of nitrogens with one attached hydrogen (secondary N) is 2. The van der Waals surface area contributed by atoms with E-state index < -0.39 is 11.8 Å². The molecule has 0 spiro atoms. The SMILES string of the molecule is Cc1ccc(NC(=O)C(=O)N/N=C\c2cc(C)n(-c3ccccc3C)c2C)cc1C. The van der Waals surface area contributed by atoms with Gasteiger partial charge in [-0.1, -0.05) is 24.3 Å². The smallest absolute Gasteiger partial charge is 0.318 e. The zero-order valence-electron chi connectivity index (χ0n) is 17.9. The fourth-order valence-electron chi connectivity index (χ4n) is 3.32. The number of benzene rings is 2. The molecule has 2 N–H and O–H groups in total. The lowest BCUT2D eigenvalue weighted by atomic mass is 10.1. The molecule has 6 nitrogen and oxygen atoms in total. The van der Waals surface area contributed by atoms with E-state index in [4.69, 9.17) is 0 Å². The second kappa shape index (κ2) is 8.78. The summed E-state index contributed by atoms with van der Waals surface area (Å²) in [6.07, 6.45) is 1.55. The van der Waals surface area contributed by atoms with Gasteiger partial charge in [0, 0.05) is 28.3 Å². The molecule has 2 amide bonds. The molecule has 3 rings (SSSR count). The van der Waals surface area contributed by atoms with Gasteiger partial charge in [0.2, 0.25) is 0 Å². The van der Waals surface area contributed by atoms with Crippen molar-refractivity contribution in [1.29, 1.82) is 0 Å². The van der Waals surface area contributed by atoms with E-state index in [0.29, 0.717) is 5.69 Å². The molecule has 0 saturated heterocycles. The van der Waals surface area contributed by atoms with E-state index in [1.165, 1.54) is 5.56 Å². The van der Waals surface area contributed by atoms with Crippen LogP contribution in [0.25, 0.3) is 5.69 Å². The van der Waals surface area contributed by atoms with Crippen LogP contribution in [0, 0.1) is 34.6 Å². The number of nitrogens with zero attached hydrogens (tertiary/aromatic N) is 2. The van der Waals surface area contributed by atoms with Crippen LogP contribution in [0.5, 0.6) is 0 Å². The number of aryl methyl sites for hydroxylation is 4. The monoisotopic (exact) mass is 402 g/mol. The molecule has 0 atom stereocenters. The third-order valence-corrected chi connectivity index (χ3v) is 5.17. The van der Waals surface area contributed by atoms with Crippen LogP contribution in [0.1, 0.15) is 33.6 Å². The first-order chi connectivity index (χ1) is 14.3. The number of hydrogen-bond donors (Lipinski definition) is 2. The van der Waals surface area contributed by atoms with Crippen LogP contribution in [0.3, 0.4) is 0 Å². The average molecular weight is 402 g/mol. The van der Waals surface area contributed by atoms with Crippen molar-refractivity contribution in [2.75, 3.05) is 5.32 Å². The second-order valence-electron chi connectivity index (χ2n) is 7.40. The fraction of sp³-hybridized carbons (Fsp3) is 0.208. The number of carbonyl (C=O) groups excluding carboxylic acids is 2. The number of amides is 2. The van der Waals surface area contributed by atoms with Crippen molar-refractivity contribution < 1.29 is 9.59 Å². The quantitative estimate of drug-likeness (QED) is 0.391. The Hall–Kier alpha value is -3.67. The van der Waals surface area contributed by atoms with Gasteiger partial charge in [0.1, 0.15) is 0 Å². The van der Waals surface area contributed by atoms with Crippen LogP contribution in [-0.4, -0.2) is 22.6 Å². The molecule has 0 aliphatic carbocycles. The van der Waals surface area contributed by atoms with E-state index in [2.05, 4.69) is 39.5 Å². The van der Waals surface area contributed by atoms with Crippen LogP contribution in [-0.2, 0) is 9.59 Å². The Balaban J connectivity index is 1.68. The fourth-order valence-corrected chi connectivity index (χ4v) is 3.32. The van der Waals surface area contributed by atoms with Crippen LogP contribution >= 0.6 is 0 Å². The first-order valence-corrected chi connectivity index (χ1v) is 9.74. The molecule has 0 saturated carbocycles. The highest BCUT2D eigenvalue weighted by atomic mass is 16.2. The van der Waals surface area contributed by atoms with Gasteiger partial charge < -0.3 is 9.88 Å². The standard InChI is InChI=1S/C24H26N4O2/c1-15-10-11-21(12-17(15)3)26-23(29)24(30)27-25-14-20-13-18(4)28(19(20)5)22-9-7-6-8-16(22)2/h6-14H,1-5H3,(H,26,29)(H,27,30)/b25-14-. The number of hydrazone groups is 1. The maximum Gasteiger partial charge on any atom is 0.329 e. The molecule has 1 heterocycles. The lowest BCUT2D eigenvalue weighted by Crippen LogP contribution is -2.32. The van der Waals surface area contributed by atoms with Gasteiger partial charge in [-0.3, -0.25) is 9.59 Å². The van der Waals surface area contributed by atoms with E-state index >= 15 is 0 Å². The van der Waals surface area contributed by atoms with Crippen molar-refractivity contribution in [2.45, 2.75) is 34.6 Å². The Morgan fingerprint density at radius 3 is 2.30 bits per heavy atom. The average Bonchev–Trinajstić information content (AvgIpc) is 2.98. The van der Waals surface area contributed by atoms with Gasteiger partial charge in [-0.15, -0.1) is 0 Å². The number of anilines is 1. The number of rotatable bonds is 4. The molecule has 30 heavy (non-hydrogen) atoms. The maximum atomic E-state index is 12.1. The number of aromatic nitrogens is 1. The topological polar surface area (TPSA) is 75.5 Å². The first kappa shape index (κ1) is 21.0. The normalized spacial score (nSPS) is 11.0. The Morgan fingerprint density at radius 2 is 1.60 bits per heavy atom. The number of carbonyl (C=O) groups is 2. The molecule has 0 aliphatic heterocycles. The third-order valence-electron chi connectivity index (χ3n) is 5.17. The molecule has 0 bridgehead atoms. The molecular weight excluding hydrogens is 376 g/mol. The molecule has 0 aliphatic rings. The zero-order valence-corrected chi connectivity index (χ0v) is 17.9. The van der Waals surface area contributed by atoms with E-state index in [0.717, 1.165) is 33.8 Å². The minimum absolute atomic E-state index is 0.573. The summed E-state index contributed by atoms with van der Waals surface area (Å²) in [7, 11) is 0. The van der Waals surface area contributed by atoms with Crippen molar-refractivity contribution in [3.05, 3.63) is 82.2 Å². The molecule has 0 radical (unpaired) electrons. The Labute approximate surface area is 176 Å². The van der Waals surface area contributed by atoms with Gasteiger partial charge >= 0.3 is 11.8 Å². The molecule has 2 aromatic carbocycles. The van der Waals surface area contributed by atoms with Crippen molar-refractivity contribution in [3.63, 3.8) is 0 Å². The molecule has 0 unspecified atom stereocenters. The van der Waals surface area contributed by atoms with Crippen molar-refractivity contribution >= 4 is 23.7 Å². The summed E-state index contributed by atoms with van der Waals surface area (Å²) in [5, 5.41) is 6.55. The summed E-state index contributed by atoms with van der Waals surface area (Å²) in [4.78, 5) is 24.2. The molecule has 154 valence electrons. The van der Waals surface area contributed by atoms with E-state index in [1.54, 1.807) is 12.3 Å². The highest BCUT2D eigenvalue weighted by molar-refractivity contribution is 6.39. The lowest BCUT2D eigenvalue weighted by Gasteiger charge is -2.12. The van der Waals surface area contributed by atoms with Gasteiger partial charge in [0.25, 0.3) is 0 Å². The third kappa shape index (κ3) is 4.49. The summed E-state index contributed by atoms with van der Waals surface area (Å²) >= 11 is 0. The molecule has 6 heteroatoms. The Morgan fingerprint density at radius 1 is 0.867 bits per heavy atom. The molecular formula is C24H26N4O2. The second-order valence-corrected chi connectivity index (χ2v) is 7.40. The Kier molecular flexibility index (Phi) is 6.16.